The van der Waals surface area contributed by atoms with Crippen molar-refractivity contribution in [3.8, 4) is 0 Å². The molecule has 0 atom stereocenters. The Balaban J connectivity index is 2.19. The molecule has 0 aromatic heterocycles. The van der Waals surface area contributed by atoms with Crippen LogP contribution in [0.1, 0.15) is 5.56 Å². The van der Waals surface area contributed by atoms with Gasteiger partial charge in [0.05, 0.1) is 10.6 Å². The molecule has 0 saturated heterocycles. The van der Waals surface area contributed by atoms with Gasteiger partial charge < -0.3 is 10.2 Å². The van der Waals surface area contributed by atoms with Crippen molar-refractivity contribution in [1.29, 1.82) is 0 Å². The van der Waals surface area contributed by atoms with Crippen molar-refractivity contribution in [3.05, 3.63) is 59.1 Å². The van der Waals surface area contributed by atoms with Gasteiger partial charge in [0, 0.05) is 24.8 Å². The van der Waals surface area contributed by atoms with Gasteiger partial charge in [0.1, 0.15) is 0 Å². The highest BCUT2D eigenvalue weighted by molar-refractivity contribution is 7.90. The Kier molecular flexibility index (Phi) is 5.28. The first-order chi connectivity index (χ1) is 10.8. The number of sulfone groups is 1. The molecule has 0 unspecified atom stereocenters. The number of amides is 2. The SMILES string of the molecule is CN(C)C(=O)Nc1cccc(CS(=O)(=O)c2ccc(Cl)cc2)c1. The molecular formula is C16H17ClN2O3S. The van der Waals surface area contributed by atoms with Gasteiger partial charge in [-0.15, -0.1) is 0 Å². The second-order valence-corrected chi connectivity index (χ2v) is 7.66. The molecule has 0 bridgehead atoms. The first kappa shape index (κ1) is 17.3. The lowest BCUT2D eigenvalue weighted by Crippen LogP contribution is -2.27. The summed E-state index contributed by atoms with van der Waals surface area (Å²) in [5.74, 6) is -0.152. The van der Waals surface area contributed by atoms with Crippen LogP contribution >= 0.6 is 11.6 Å². The number of carbonyl (C=O) groups is 1. The largest absolute Gasteiger partial charge is 0.331 e. The van der Waals surface area contributed by atoms with Crippen LogP contribution in [0, 0.1) is 0 Å². The van der Waals surface area contributed by atoms with Crippen molar-refractivity contribution in [2.24, 2.45) is 0 Å². The minimum Gasteiger partial charge on any atom is -0.331 e. The average Bonchev–Trinajstić information content (AvgIpc) is 2.47. The lowest BCUT2D eigenvalue weighted by molar-refractivity contribution is 0.230. The van der Waals surface area contributed by atoms with Crippen molar-refractivity contribution in [1.82, 2.24) is 4.90 Å². The molecule has 2 aromatic rings. The average molecular weight is 353 g/mol. The Bertz CT molecular complexity index is 802. The molecule has 0 heterocycles. The lowest BCUT2D eigenvalue weighted by Gasteiger charge is -2.13. The number of nitrogens with zero attached hydrogens (tertiary/aromatic N) is 1. The van der Waals surface area contributed by atoms with E-state index in [1.807, 2.05) is 0 Å². The van der Waals surface area contributed by atoms with Gasteiger partial charge in [0.25, 0.3) is 0 Å². The summed E-state index contributed by atoms with van der Waals surface area (Å²) in [5, 5.41) is 3.17. The summed E-state index contributed by atoms with van der Waals surface area (Å²) in [5.41, 5.74) is 1.14. The van der Waals surface area contributed by atoms with Crippen LogP contribution in [0.5, 0.6) is 0 Å². The molecule has 0 radical (unpaired) electrons. The zero-order chi connectivity index (χ0) is 17.0. The highest BCUT2D eigenvalue weighted by Gasteiger charge is 2.15. The molecule has 0 aliphatic heterocycles. The molecule has 5 nitrogen and oxygen atoms in total. The van der Waals surface area contributed by atoms with Gasteiger partial charge in [0.2, 0.25) is 0 Å². The van der Waals surface area contributed by atoms with Gasteiger partial charge in [-0.2, -0.15) is 0 Å². The van der Waals surface area contributed by atoms with Crippen LogP contribution in [0.15, 0.2) is 53.4 Å². The van der Waals surface area contributed by atoms with Crippen LogP contribution in [-0.4, -0.2) is 33.4 Å². The Hall–Kier alpha value is -2.05. The summed E-state index contributed by atoms with van der Waals surface area (Å²) in [6.07, 6.45) is 0. The number of benzene rings is 2. The van der Waals surface area contributed by atoms with E-state index in [0.717, 1.165) is 0 Å². The van der Waals surface area contributed by atoms with Gasteiger partial charge in [-0.05, 0) is 42.0 Å². The zero-order valence-corrected chi connectivity index (χ0v) is 14.4. The zero-order valence-electron chi connectivity index (χ0n) is 12.8. The number of anilines is 1. The number of carbonyl (C=O) groups excluding carboxylic acids is 1. The third-order valence-corrected chi connectivity index (χ3v) is 5.07. The van der Waals surface area contributed by atoms with Crippen molar-refractivity contribution < 1.29 is 13.2 Å². The highest BCUT2D eigenvalue weighted by Crippen LogP contribution is 2.20. The summed E-state index contributed by atoms with van der Waals surface area (Å²) in [6, 6.07) is 12.5. The van der Waals surface area contributed by atoms with E-state index in [1.54, 1.807) is 50.5 Å². The second kappa shape index (κ2) is 7.02. The summed E-state index contributed by atoms with van der Waals surface area (Å²) >= 11 is 5.78. The smallest absolute Gasteiger partial charge is 0.321 e. The topological polar surface area (TPSA) is 66.5 Å². The predicted octanol–water partition coefficient (Wildman–Crippen LogP) is 3.41. The summed E-state index contributed by atoms with van der Waals surface area (Å²) in [4.78, 5) is 13.3. The summed E-state index contributed by atoms with van der Waals surface area (Å²) in [7, 11) is -0.215. The third kappa shape index (κ3) is 4.71. The number of urea groups is 1. The predicted molar refractivity (Wildman–Crippen MR) is 91.5 cm³/mol. The standard InChI is InChI=1S/C16H17ClN2O3S/c1-19(2)16(20)18-14-5-3-4-12(10-14)11-23(21,22)15-8-6-13(17)7-9-15/h3-10H,11H2,1-2H3,(H,18,20). The lowest BCUT2D eigenvalue weighted by atomic mass is 10.2. The Morgan fingerprint density at radius 1 is 1.13 bits per heavy atom. The summed E-state index contributed by atoms with van der Waals surface area (Å²) < 4.78 is 24.8. The molecule has 0 fully saturated rings. The fourth-order valence-corrected chi connectivity index (χ4v) is 3.38. The van der Waals surface area contributed by atoms with Gasteiger partial charge in [0.15, 0.2) is 9.84 Å². The Morgan fingerprint density at radius 3 is 2.39 bits per heavy atom. The summed E-state index contributed by atoms with van der Waals surface area (Å²) in [6.45, 7) is 0. The number of hydrogen-bond acceptors (Lipinski definition) is 3. The van der Waals surface area contributed by atoms with Crippen molar-refractivity contribution in [2.75, 3.05) is 19.4 Å². The number of rotatable bonds is 4. The van der Waals surface area contributed by atoms with Crippen LogP contribution in [-0.2, 0) is 15.6 Å². The van der Waals surface area contributed by atoms with Gasteiger partial charge >= 0.3 is 6.03 Å². The van der Waals surface area contributed by atoms with Gasteiger partial charge in [-0.3, -0.25) is 0 Å². The molecule has 2 rings (SSSR count). The quantitative estimate of drug-likeness (QED) is 0.916. The molecule has 7 heteroatoms. The molecule has 0 aliphatic carbocycles. The van der Waals surface area contributed by atoms with E-state index in [2.05, 4.69) is 5.32 Å². The maximum Gasteiger partial charge on any atom is 0.321 e. The monoisotopic (exact) mass is 352 g/mol. The minimum atomic E-state index is -3.47. The van der Waals surface area contributed by atoms with Crippen molar-refractivity contribution >= 4 is 33.2 Å². The fraction of sp³-hybridized carbons (Fsp3) is 0.188. The molecule has 2 amide bonds. The van der Waals surface area contributed by atoms with Crippen LogP contribution in [0.3, 0.4) is 0 Å². The van der Waals surface area contributed by atoms with E-state index in [4.69, 9.17) is 11.6 Å². The Labute approximate surface area is 140 Å². The van der Waals surface area contributed by atoms with Crippen molar-refractivity contribution in [2.45, 2.75) is 10.6 Å². The molecule has 1 N–H and O–H groups in total. The van der Waals surface area contributed by atoms with E-state index in [1.165, 1.54) is 17.0 Å². The Morgan fingerprint density at radius 2 is 1.78 bits per heavy atom. The number of nitrogens with one attached hydrogen (secondary N) is 1. The maximum atomic E-state index is 12.4. The van der Waals surface area contributed by atoms with E-state index in [-0.39, 0.29) is 16.7 Å². The first-order valence-corrected chi connectivity index (χ1v) is 8.86. The fourth-order valence-electron chi connectivity index (χ4n) is 1.92. The van der Waals surface area contributed by atoms with Crippen LogP contribution in [0.2, 0.25) is 5.02 Å². The molecule has 122 valence electrons. The highest BCUT2D eigenvalue weighted by atomic mass is 35.5. The van der Waals surface area contributed by atoms with Gasteiger partial charge in [-0.1, -0.05) is 23.7 Å². The molecule has 0 aliphatic rings. The van der Waals surface area contributed by atoms with Gasteiger partial charge in [-0.25, -0.2) is 13.2 Å². The van der Waals surface area contributed by atoms with E-state index in [9.17, 15) is 13.2 Å². The maximum absolute atomic E-state index is 12.4. The first-order valence-electron chi connectivity index (χ1n) is 6.83. The number of halogens is 1. The third-order valence-electron chi connectivity index (χ3n) is 3.11. The van der Waals surface area contributed by atoms with Crippen LogP contribution in [0.4, 0.5) is 10.5 Å². The second-order valence-electron chi connectivity index (χ2n) is 5.24. The van der Waals surface area contributed by atoms with Crippen LogP contribution in [0.25, 0.3) is 0 Å². The van der Waals surface area contributed by atoms with E-state index in [0.29, 0.717) is 16.3 Å². The molecule has 0 spiro atoms. The number of hydrogen-bond donors (Lipinski definition) is 1. The molecule has 0 saturated carbocycles. The molecule has 23 heavy (non-hydrogen) atoms. The molecule has 2 aromatic carbocycles. The van der Waals surface area contributed by atoms with E-state index < -0.39 is 9.84 Å². The van der Waals surface area contributed by atoms with Crippen LogP contribution < -0.4 is 5.32 Å². The minimum absolute atomic E-state index is 0.152. The van der Waals surface area contributed by atoms with Crippen molar-refractivity contribution in [3.63, 3.8) is 0 Å². The molecular weight excluding hydrogens is 336 g/mol. The van der Waals surface area contributed by atoms with E-state index >= 15 is 0 Å². The normalized spacial score (nSPS) is 11.1.